The van der Waals surface area contributed by atoms with E-state index in [1.165, 1.54) is 0 Å². The first-order valence-electron chi connectivity index (χ1n) is 5.12. The number of aliphatic hydroxyl groups excluding tert-OH is 2. The van der Waals surface area contributed by atoms with Gasteiger partial charge >= 0.3 is 5.97 Å². The van der Waals surface area contributed by atoms with Crippen LogP contribution in [0.3, 0.4) is 0 Å². The molecule has 6 heteroatoms. The molecule has 0 aromatic rings. The minimum atomic E-state index is -1.30. The minimum absolute atomic E-state index is 0.190. The van der Waals surface area contributed by atoms with Crippen LogP contribution in [-0.2, 0) is 19.1 Å². The molecule has 1 aliphatic rings. The molecule has 3 atom stereocenters. The highest BCUT2D eigenvalue weighted by atomic mass is 16.6. The summed E-state index contributed by atoms with van der Waals surface area (Å²) < 4.78 is 9.86. The van der Waals surface area contributed by atoms with Crippen LogP contribution in [0.2, 0.25) is 0 Å². The van der Waals surface area contributed by atoms with Crippen LogP contribution in [-0.4, -0.2) is 53.5 Å². The van der Waals surface area contributed by atoms with E-state index in [4.69, 9.17) is 9.84 Å². The first-order valence-corrected chi connectivity index (χ1v) is 5.12. The Labute approximate surface area is 93.2 Å². The van der Waals surface area contributed by atoms with Crippen molar-refractivity contribution in [3.8, 4) is 0 Å². The van der Waals surface area contributed by atoms with E-state index < -0.39 is 36.7 Å². The Balaban J connectivity index is 2.67. The molecule has 6 nitrogen and oxygen atoms in total. The molecule has 1 unspecified atom stereocenters. The molecule has 0 saturated carbocycles. The SMILES string of the molecule is CC(C)COC1C(=O)C(=O)O[C@@H]1[C@H](O)CO. The molecule has 2 N–H and O–H groups in total. The van der Waals surface area contributed by atoms with E-state index in [0.29, 0.717) is 0 Å². The fraction of sp³-hybridized carbons (Fsp3) is 0.800. The summed E-state index contributed by atoms with van der Waals surface area (Å²) in [5.74, 6) is -1.64. The fourth-order valence-electron chi connectivity index (χ4n) is 1.36. The standard InChI is InChI=1S/C10H16O6/c1-5(2)4-15-9-7(13)10(14)16-8(9)6(12)3-11/h5-6,8-9,11-12H,3-4H2,1-2H3/t6-,8-,9?/m1/s1. The fourth-order valence-corrected chi connectivity index (χ4v) is 1.36. The average molecular weight is 232 g/mol. The van der Waals surface area contributed by atoms with Crippen molar-refractivity contribution in [2.75, 3.05) is 13.2 Å². The zero-order valence-electron chi connectivity index (χ0n) is 9.25. The van der Waals surface area contributed by atoms with Crippen LogP contribution in [0.5, 0.6) is 0 Å². The zero-order chi connectivity index (χ0) is 12.3. The molecule has 1 fully saturated rings. The van der Waals surface area contributed by atoms with Crippen molar-refractivity contribution in [2.45, 2.75) is 32.2 Å². The van der Waals surface area contributed by atoms with Gasteiger partial charge in [0.2, 0.25) is 0 Å². The molecule has 1 aliphatic heterocycles. The Kier molecular flexibility index (Phi) is 4.40. The van der Waals surface area contributed by atoms with Crippen LogP contribution in [0, 0.1) is 5.92 Å². The molecule has 1 saturated heterocycles. The van der Waals surface area contributed by atoms with Crippen molar-refractivity contribution in [1.29, 1.82) is 0 Å². The number of ketones is 1. The number of rotatable bonds is 5. The summed E-state index contributed by atoms with van der Waals surface area (Å²) in [5, 5.41) is 18.1. The summed E-state index contributed by atoms with van der Waals surface area (Å²) in [6.07, 6.45) is -3.52. The molecule has 0 spiro atoms. The Bertz CT molecular complexity index is 274. The van der Waals surface area contributed by atoms with Gasteiger partial charge in [0.1, 0.15) is 6.10 Å². The van der Waals surface area contributed by atoms with E-state index in [-0.39, 0.29) is 12.5 Å². The van der Waals surface area contributed by atoms with Crippen molar-refractivity contribution in [3.05, 3.63) is 0 Å². The number of aliphatic hydroxyl groups is 2. The molecular weight excluding hydrogens is 216 g/mol. The maximum atomic E-state index is 11.4. The Morgan fingerprint density at radius 3 is 2.56 bits per heavy atom. The van der Waals surface area contributed by atoms with Crippen LogP contribution in [0.25, 0.3) is 0 Å². The summed E-state index contributed by atoms with van der Waals surface area (Å²) in [4.78, 5) is 22.4. The van der Waals surface area contributed by atoms with Crippen molar-refractivity contribution in [3.63, 3.8) is 0 Å². The van der Waals surface area contributed by atoms with E-state index in [9.17, 15) is 14.7 Å². The lowest BCUT2D eigenvalue weighted by Crippen LogP contribution is -2.41. The van der Waals surface area contributed by atoms with Crippen LogP contribution >= 0.6 is 0 Å². The Morgan fingerprint density at radius 2 is 2.06 bits per heavy atom. The predicted molar refractivity (Wildman–Crippen MR) is 52.6 cm³/mol. The quantitative estimate of drug-likeness (QED) is 0.460. The third kappa shape index (κ3) is 2.78. The Morgan fingerprint density at radius 1 is 1.44 bits per heavy atom. The summed E-state index contributed by atoms with van der Waals surface area (Å²) in [6.45, 7) is 3.47. The van der Waals surface area contributed by atoms with Gasteiger partial charge < -0.3 is 19.7 Å². The number of Topliss-reactive ketones (excluding diaryl/α,β-unsaturated/α-hetero) is 1. The van der Waals surface area contributed by atoms with Gasteiger partial charge in [-0.1, -0.05) is 13.8 Å². The van der Waals surface area contributed by atoms with E-state index >= 15 is 0 Å². The molecule has 0 aliphatic carbocycles. The van der Waals surface area contributed by atoms with Gasteiger partial charge in [-0.2, -0.15) is 0 Å². The molecular formula is C10H16O6. The topological polar surface area (TPSA) is 93.1 Å². The molecule has 1 rings (SSSR count). The van der Waals surface area contributed by atoms with E-state index in [0.717, 1.165) is 0 Å². The molecule has 0 amide bonds. The zero-order valence-corrected chi connectivity index (χ0v) is 9.25. The molecule has 1 heterocycles. The van der Waals surface area contributed by atoms with Crippen molar-refractivity contribution in [2.24, 2.45) is 5.92 Å². The smallest absolute Gasteiger partial charge is 0.378 e. The predicted octanol–water partition coefficient (Wildman–Crippen LogP) is -1.12. The van der Waals surface area contributed by atoms with Crippen molar-refractivity contribution < 1.29 is 29.3 Å². The largest absolute Gasteiger partial charge is 0.450 e. The first kappa shape index (κ1) is 13.1. The maximum Gasteiger partial charge on any atom is 0.378 e. The summed E-state index contributed by atoms with van der Waals surface area (Å²) in [6, 6.07) is 0. The highest BCUT2D eigenvalue weighted by Gasteiger charge is 2.47. The van der Waals surface area contributed by atoms with E-state index in [1.807, 2.05) is 13.8 Å². The minimum Gasteiger partial charge on any atom is -0.450 e. The lowest BCUT2D eigenvalue weighted by Gasteiger charge is -2.21. The van der Waals surface area contributed by atoms with Crippen molar-refractivity contribution in [1.82, 2.24) is 0 Å². The van der Waals surface area contributed by atoms with Crippen molar-refractivity contribution >= 4 is 11.8 Å². The van der Waals surface area contributed by atoms with Gasteiger partial charge in [0, 0.05) is 0 Å². The summed E-state index contributed by atoms with van der Waals surface area (Å²) in [7, 11) is 0. The van der Waals surface area contributed by atoms with E-state index in [2.05, 4.69) is 4.74 Å². The molecule has 16 heavy (non-hydrogen) atoms. The molecule has 92 valence electrons. The van der Waals surface area contributed by atoms with Crippen LogP contribution in [0.1, 0.15) is 13.8 Å². The Hall–Kier alpha value is -0.980. The van der Waals surface area contributed by atoms with Crippen LogP contribution in [0.15, 0.2) is 0 Å². The average Bonchev–Trinajstić information content (AvgIpc) is 2.52. The van der Waals surface area contributed by atoms with Gasteiger partial charge in [0.05, 0.1) is 13.2 Å². The number of hydrogen-bond donors (Lipinski definition) is 2. The highest BCUT2D eigenvalue weighted by molar-refractivity contribution is 6.37. The third-order valence-electron chi connectivity index (χ3n) is 2.18. The normalized spacial score (nSPS) is 27.3. The lowest BCUT2D eigenvalue weighted by atomic mass is 10.1. The second-order valence-electron chi connectivity index (χ2n) is 4.13. The lowest BCUT2D eigenvalue weighted by molar-refractivity contribution is -0.152. The van der Waals surface area contributed by atoms with Gasteiger partial charge in [-0.05, 0) is 5.92 Å². The first-order chi connectivity index (χ1) is 7.47. The van der Waals surface area contributed by atoms with Gasteiger partial charge in [0.25, 0.3) is 5.78 Å². The van der Waals surface area contributed by atoms with Gasteiger partial charge in [-0.3, -0.25) is 4.79 Å². The monoisotopic (exact) mass is 232 g/mol. The summed E-state index contributed by atoms with van der Waals surface area (Å²) >= 11 is 0. The maximum absolute atomic E-state index is 11.4. The van der Waals surface area contributed by atoms with E-state index in [1.54, 1.807) is 0 Å². The highest BCUT2D eigenvalue weighted by Crippen LogP contribution is 2.19. The second-order valence-corrected chi connectivity index (χ2v) is 4.13. The van der Waals surface area contributed by atoms with Crippen LogP contribution < -0.4 is 0 Å². The molecule has 0 bridgehead atoms. The molecule has 0 radical (unpaired) electrons. The number of esters is 1. The molecule has 0 aromatic carbocycles. The number of carbonyl (C=O) groups excluding carboxylic acids is 2. The number of hydrogen-bond acceptors (Lipinski definition) is 6. The van der Waals surface area contributed by atoms with Gasteiger partial charge in [0.15, 0.2) is 12.2 Å². The van der Waals surface area contributed by atoms with Gasteiger partial charge in [-0.25, -0.2) is 4.79 Å². The summed E-state index contributed by atoms with van der Waals surface area (Å²) in [5.41, 5.74) is 0. The number of carbonyl (C=O) groups is 2. The second kappa shape index (κ2) is 5.38. The van der Waals surface area contributed by atoms with Gasteiger partial charge in [-0.15, -0.1) is 0 Å². The number of ether oxygens (including phenoxy) is 2. The molecule has 0 aromatic heterocycles. The number of cyclic esters (lactones) is 1. The third-order valence-corrected chi connectivity index (χ3v) is 2.18. The van der Waals surface area contributed by atoms with Crippen LogP contribution in [0.4, 0.5) is 0 Å².